The molecule has 0 fully saturated rings. The van der Waals surface area contributed by atoms with Crippen LogP contribution < -0.4 is 16.2 Å². The molecular weight excluding hydrogens is 288 g/mol. The van der Waals surface area contributed by atoms with Gasteiger partial charge in [-0.15, -0.1) is 0 Å². The lowest BCUT2D eigenvalue weighted by Crippen LogP contribution is -2.08. The van der Waals surface area contributed by atoms with Gasteiger partial charge >= 0.3 is 5.97 Å². The molecule has 0 radical (unpaired) electrons. The summed E-state index contributed by atoms with van der Waals surface area (Å²) >= 11 is 0. The van der Waals surface area contributed by atoms with E-state index < -0.39 is 0 Å². The van der Waals surface area contributed by atoms with E-state index in [9.17, 15) is 4.79 Å². The maximum atomic E-state index is 12.1. The highest BCUT2D eigenvalue weighted by Gasteiger charge is 2.09. The van der Waals surface area contributed by atoms with Gasteiger partial charge in [0.25, 0.3) is 0 Å². The van der Waals surface area contributed by atoms with Crippen molar-refractivity contribution in [2.45, 2.75) is 0 Å². The zero-order valence-electron chi connectivity index (χ0n) is 12.4. The predicted molar refractivity (Wildman–Crippen MR) is 92.1 cm³/mol. The van der Waals surface area contributed by atoms with Crippen LogP contribution in [0.25, 0.3) is 11.1 Å². The smallest absolute Gasteiger partial charge is 0.343 e. The fraction of sp³-hybridized carbons (Fsp3) is 0. The van der Waals surface area contributed by atoms with Crippen LogP contribution in [0.3, 0.4) is 0 Å². The van der Waals surface area contributed by atoms with E-state index in [1.54, 1.807) is 30.3 Å². The summed E-state index contributed by atoms with van der Waals surface area (Å²) in [5.74, 6) is 0.132. The minimum absolute atomic E-state index is 0.389. The minimum Gasteiger partial charge on any atom is -0.423 e. The predicted octanol–water partition coefficient (Wildman–Crippen LogP) is 3.74. The highest BCUT2D eigenvalue weighted by molar-refractivity contribution is 5.91. The fourth-order valence-electron chi connectivity index (χ4n) is 2.21. The van der Waals surface area contributed by atoms with E-state index in [0.29, 0.717) is 22.7 Å². The molecule has 0 amide bonds. The van der Waals surface area contributed by atoms with Crippen LogP contribution >= 0.6 is 0 Å². The van der Waals surface area contributed by atoms with Crippen LogP contribution in [0.15, 0.2) is 72.8 Å². The molecule has 0 aliphatic heterocycles. The molecule has 3 aromatic carbocycles. The third-order valence-corrected chi connectivity index (χ3v) is 3.49. The number of anilines is 2. The van der Waals surface area contributed by atoms with Crippen LogP contribution in [0.5, 0.6) is 5.75 Å². The van der Waals surface area contributed by atoms with Crippen LogP contribution in [-0.4, -0.2) is 5.97 Å². The van der Waals surface area contributed by atoms with Gasteiger partial charge in [-0.3, -0.25) is 0 Å². The Morgan fingerprint density at radius 1 is 0.739 bits per heavy atom. The fourth-order valence-corrected chi connectivity index (χ4v) is 2.21. The Morgan fingerprint density at radius 3 is 2.04 bits per heavy atom. The van der Waals surface area contributed by atoms with Gasteiger partial charge in [0.15, 0.2) is 0 Å². The number of ether oxygens (including phenoxy) is 1. The van der Waals surface area contributed by atoms with Gasteiger partial charge in [0.05, 0.1) is 16.9 Å². The van der Waals surface area contributed by atoms with Gasteiger partial charge in [-0.2, -0.15) is 0 Å². The van der Waals surface area contributed by atoms with Crippen molar-refractivity contribution in [1.29, 1.82) is 0 Å². The van der Waals surface area contributed by atoms with Crippen LogP contribution in [0.4, 0.5) is 11.4 Å². The van der Waals surface area contributed by atoms with Crippen LogP contribution in [0.2, 0.25) is 0 Å². The topological polar surface area (TPSA) is 78.3 Å². The Labute approximate surface area is 134 Å². The zero-order valence-corrected chi connectivity index (χ0v) is 12.4. The average Bonchev–Trinajstić information content (AvgIpc) is 2.58. The number of carbonyl (C=O) groups excluding carboxylic acids is 1. The monoisotopic (exact) mass is 304 g/mol. The first-order valence-corrected chi connectivity index (χ1v) is 7.16. The van der Waals surface area contributed by atoms with E-state index in [1.807, 2.05) is 42.5 Å². The molecule has 4 nitrogen and oxygen atoms in total. The molecule has 0 saturated heterocycles. The molecule has 4 heteroatoms. The van der Waals surface area contributed by atoms with E-state index in [1.165, 1.54) is 0 Å². The first-order chi connectivity index (χ1) is 11.1. The maximum Gasteiger partial charge on any atom is 0.343 e. The first kappa shape index (κ1) is 14.7. The summed E-state index contributed by atoms with van der Waals surface area (Å²) < 4.78 is 5.31. The van der Waals surface area contributed by atoms with E-state index in [0.717, 1.165) is 11.1 Å². The molecule has 23 heavy (non-hydrogen) atoms. The van der Waals surface area contributed by atoms with Crippen LogP contribution in [0, 0.1) is 0 Å². The van der Waals surface area contributed by atoms with Crippen molar-refractivity contribution >= 4 is 17.3 Å². The molecule has 3 aromatic rings. The summed E-state index contributed by atoms with van der Waals surface area (Å²) in [5.41, 5.74) is 15.0. The highest BCUT2D eigenvalue weighted by Crippen LogP contribution is 2.25. The normalized spacial score (nSPS) is 10.3. The largest absolute Gasteiger partial charge is 0.423 e. The molecule has 114 valence electrons. The van der Waals surface area contributed by atoms with Crippen molar-refractivity contribution in [1.82, 2.24) is 0 Å². The van der Waals surface area contributed by atoms with Gasteiger partial charge < -0.3 is 16.2 Å². The SMILES string of the molecule is Nc1ccc(-c2ccc(C(=O)Oc3ccccc3)cc2)cc1N. The van der Waals surface area contributed by atoms with Gasteiger partial charge in [0.2, 0.25) is 0 Å². The molecular formula is C19H16N2O2. The molecule has 0 saturated carbocycles. The Hall–Kier alpha value is -3.27. The number of rotatable bonds is 3. The average molecular weight is 304 g/mol. The Kier molecular flexibility index (Phi) is 3.97. The van der Waals surface area contributed by atoms with Gasteiger partial charge in [0.1, 0.15) is 5.75 Å². The number of benzene rings is 3. The second kappa shape index (κ2) is 6.23. The number of para-hydroxylation sites is 1. The number of esters is 1. The molecule has 0 aromatic heterocycles. The standard InChI is InChI=1S/C19H16N2O2/c20-17-11-10-15(12-18(17)21)13-6-8-14(9-7-13)19(22)23-16-4-2-1-3-5-16/h1-12H,20-21H2. The minimum atomic E-state index is -0.389. The lowest BCUT2D eigenvalue weighted by atomic mass is 10.0. The third kappa shape index (κ3) is 3.32. The quantitative estimate of drug-likeness (QED) is 0.439. The lowest BCUT2D eigenvalue weighted by Gasteiger charge is -2.07. The summed E-state index contributed by atoms with van der Waals surface area (Å²) in [5, 5.41) is 0. The van der Waals surface area contributed by atoms with Crippen molar-refractivity contribution in [3.63, 3.8) is 0 Å². The van der Waals surface area contributed by atoms with Crippen molar-refractivity contribution in [3.8, 4) is 16.9 Å². The number of carbonyl (C=O) groups is 1. The van der Waals surface area contributed by atoms with E-state index in [4.69, 9.17) is 16.2 Å². The third-order valence-electron chi connectivity index (χ3n) is 3.49. The van der Waals surface area contributed by atoms with Gasteiger partial charge in [0, 0.05) is 0 Å². The highest BCUT2D eigenvalue weighted by atomic mass is 16.5. The summed E-state index contributed by atoms with van der Waals surface area (Å²) in [7, 11) is 0. The summed E-state index contributed by atoms with van der Waals surface area (Å²) in [6.45, 7) is 0. The number of hydrogen-bond donors (Lipinski definition) is 2. The lowest BCUT2D eigenvalue weighted by molar-refractivity contribution is 0.0735. The molecule has 3 rings (SSSR count). The second-order valence-corrected chi connectivity index (χ2v) is 5.12. The summed E-state index contributed by atoms with van der Waals surface area (Å²) in [4.78, 5) is 12.1. The molecule has 0 spiro atoms. The number of nitrogen functional groups attached to an aromatic ring is 2. The number of nitrogens with two attached hydrogens (primary N) is 2. The van der Waals surface area contributed by atoms with E-state index in [-0.39, 0.29) is 5.97 Å². The molecule has 4 N–H and O–H groups in total. The Morgan fingerprint density at radius 2 is 1.39 bits per heavy atom. The van der Waals surface area contributed by atoms with Gasteiger partial charge in [-0.1, -0.05) is 36.4 Å². The van der Waals surface area contributed by atoms with Crippen LogP contribution in [-0.2, 0) is 0 Å². The molecule has 0 bridgehead atoms. The Balaban J connectivity index is 1.79. The number of hydrogen-bond acceptors (Lipinski definition) is 4. The Bertz CT molecular complexity index is 828. The maximum absolute atomic E-state index is 12.1. The van der Waals surface area contributed by atoms with Crippen molar-refractivity contribution in [2.75, 3.05) is 11.5 Å². The summed E-state index contributed by atoms with van der Waals surface area (Å²) in [6.07, 6.45) is 0. The van der Waals surface area contributed by atoms with Crippen molar-refractivity contribution < 1.29 is 9.53 Å². The molecule has 0 atom stereocenters. The molecule has 0 unspecified atom stereocenters. The van der Waals surface area contributed by atoms with Gasteiger partial charge in [-0.25, -0.2) is 4.79 Å². The summed E-state index contributed by atoms with van der Waals surface area (Å²) in [6, 6.07) is 21.6. The van der Waals surface area contributed by atoms with Crippen molar-refractivity contribution in [3.05, 3.63) is 78.4 Å². The molecule has 0 heterocycles. The molecule has 0 aliphatic rings. The van der Waals surface area contributed by atoms with Crippen LogP contribution in [0.1, 0.15) is 10.4 Å². The van der Waals surface area contributed by atoms with E-state index >= 15 is 0 Å². The zero-order chi connectivity index (χ0) is 16.2. The van der Waals surface area contributed by atoms with E-state index in [2.05, 4.69) is 0 Å². The molecule has 0 aliphatic carbocycles. The van der Waals surface area contributed by atoms with Gasteiger partial charge in [-0.05, 0) is 47.5 Å². The second-order valence-electron chi connectivity index (χ2n) is 5.12. The van der Waals surface area contributed by atoms with Crippen molar-refractivity contribution in [2.24, 2.45) is 0 Å². The first-order valence-electron chi connectivity index (χ1n) is 7.16.